The number of carbonyl (C=O) groups is 1. The van der Waals surface area contributed by atoms with Gasteiger partial charge in [-0.05, 0) is 24.7 Å². The van der Waals surface area contributed by atoms with E-state index < -0.39 is 0 Å². The van der Waals surface area contributed by atoms with Crippen molar-refractivity contribution in [3.8, 4) is 0 Å². The number of carbonyl (C=O) groups excluding carboxylic acids is 1. The molecule has 4 rings (SSSR count). The van der Waals surface area contributed by atoms with Gasteiger partial charge in [0.2, 0.25) is 0 Å². The molecule has 7 heteroatoms. The standard InChI is InChI=1S/C21H23N5O2/c1-2-25-11-13-26(14-12-25)18-10-6-5-9-17(18)22-21(28)19-15-7-3-4-8-16(15)20(27)24-23-19/h3-10H,2,11-14H2,1H3,(H,22,28)(H,24,27). The van der Waals surface area contributed by atoms with Crippen molar-refractivity contribution in [2.75, 3.05) is 42.9 Å². The molecule has 0 bridgehead atoms. The van der Waals surface area contributed by atoms with Gasteiger partial charge >= 0.3 is 0 Å². The van der Waals surface area contributed by atoms with Crippen molar-refractivity contribution in [2.24, 2.45) is 0 Å². The quantitative estimate of drug-likeness (QED) is 0.729. The normalized spacial score (nSPS) is 15.0. The summed E-state index contributed by atoms with van der Waals surface area (Å²) in [4.78, 5) is 29.6. The second kappa shape index (κ2) is 7.82. The number of nitrogens with one attached hydrogen (secondary N) is 2. The molecule has 1 saturated heterocycles. The van der Waals surface area contributed by atoms with Crippen LogP contribution in [0.3, 0.4) is 0 Å². The average molecular weight is 377 g/mol. The summed E-state index contributed by atoms with van der Waals surface area (Å²) in [6.45, 7) is 7.07. The van der Waals surface area contributed by atoms with Gasteiger partial charge in [0.15, 0.2) is 5.69 Å². The first kappa shape index (κ1) is 18.2. The van der Waals surface area contributed by atoms with E-state index in [0.717, 1.165) is 44.1 Å². The number of H-pyrrole nitrogens is 1. The maximum atomic E-state index is 13.0. The molecule has 1 aliphatic rings. The van der Waals surface area contributed by atoms with Crippen LogP contribution in [0.2, 0.25) is 0 Å². The minimum atomic E-state index is -0.341. The van der Waals surface area contributed by atoms with E-state index in [1.54, 1.807) is 24.3 Å². The molecule has 1 aliphatic heterocycles. The number of para-hydroxylation sites is 2. The Kier molecular flexibility index (Phi) is 5.08. The van der Waals surface area contributed by atoms with Gasteiger partial charge in [0.25, 0.3) is 11.5 Å². The monoisotopic (exact) mass is 377 g/mol. The Hall–Kier alpha value is -3.19. The smallest absolute Gasteiger partial charge is 0.276 e. The Bertz CT molecular complexity index is 1050. The first-order valence-electron chi connectivity index (χ1n) is 9.52. The van der Waals surface area contributed by atoms with Gasteiger partial charge in [0, 0.05) is 31.6 Å². The van der Waals surface area contributed by atoms with Gasteiger partial charge in [-0.3, -0.25) is 9.59 Å². The maximum absolute atomic E-state index is 13.0. The van der Waals surface area contributed by atoms with Gasteiger partial charge < -0.3 is 15.1 Å². The van der Waals surface area contributed by atoms with Crippen LogP contribution in [0, 0.1) is 0 Å². The highest BCUT2D eigenvalue weighted by atomic mass is 16.2. The van der Waals surface area contributed by atoms with E-state index in [4.69, 9.17) is 0 Å². The van der Waals surface area contributed by atoms with Crippen molar-refractivity contribution in [1.82, 2.24) is 15.1 Å². The van der Waals surface area contributed by atoms with E-state index in [-0.39, 0.29) is 17.2 Å². The van der Waals surface area contributed by atoms with Crippen LogP contribution >= 0.6 is 0 Å². The molecule has 0 unspecified atom stereocenters. The number of nitrogens with zero attached hydrogens (tertiary/aromatic N) is 3. The fourth-order valence-electron chi connectivity index (χ4n) is 3.63. The maximum Gasteiger partial charge on any atom is 0.276 e. The van der Waals surface area contributed by atoms with Gasteiger partial charge in [-0.1, -0.05) is 37.3 Å². The van der Waals surface area contributed by atoms with Crippen LogP contribution in [0.5, 0.6) is 0 Å². The zero-order valence-electron chi connectivity index (χ0n) is 15.8. The molecule has 0 atom stereocenters. The summed E-state index contributed by atoms with van der Waals surface area (Å²) in [5.74, 6) is -0.341. The molecule has 0 radical (unpaired) electrons. The van der Waals surface area contributed by atoms with Crippen LogP contribution in [0.25, 0.3) is 10.8 Å². The molecule has 2 N–H and O–H groups in total. The van der Waals surface area contributed by atoms with Crippen molar-refractivity contribution in [3.05, 3.63) is 64.6 Å². The Morgan fingerprint density at radius 1 is 1.04 bits per heavy atom. The summed E-state index contributed by atoms with van der Waals surface area (Å²) in [6, 6.07) is 14.8. The second-order valence-corrected chi connectivity index (χ2v) is 6.84. The molecule has 0 saturated carbocycles. The summed E-state index contributed by atoms with van der Waals surface area (Å²) in [5, 5.41) is 10.4. The van der Waals surface area contributed by atoms with E-state index in [1.165, 1.54) is 0 Å². The molecule has 1 amide bonds. The SMILES string of the molecule is CCN1CCN(c2ccccc2NC(=O)c2n[nH]c(=O)c3ccccc23)CC1. The molecule has 2 aromatic carbocycles. The Morgan fingerprint density at radius 3 is 2.46 bits per heavy atom. The predicted molar refractivity (Wildman–Crippen MR) is 111 cm³/mol. The fourth-order valence-corrected chi connectivity index (χ4v) is 3.63. The van der Waals surface area contributed by atoms with Gasteiger partial charge in [-0.25, -0.2) is 5.10 Å². The highest BCUT2D eigenvalue weighted by molar-refractivity contribution is 6.12. The molecule has 1 aromatic heterocycles. The Labute approximate surface area is 163 Å². The predicted octanol–water partition coefficient (Wildman–Crippen LogP) is 2.32. The van der Waals surface area contributed by atoms with Gasteiger partial charge in [0.1, 0.15) is 0 Å². The number of aromatic nitrogens is 2. The van der Waals surface area contributed by atoms with E-state index in [1.807, 2.05) is 24.3 Å². The topological polar surface area (TPSA) is 81.3 Å². The number of benzene rings is 2. The number of aromatic amines is 1. The summed E-state index contributed by atoms with van der Waals surface area (Å²) in [6.07, 6.45) is 0. The van der Waals surface area contributed by atoms with Gasteiger partial charge in [-0.15, -0.1) is 0 Å². The number of fused-ring (bicyclic) bond motifs is 1. The lowest BCUT2D eigenvalue weighted by atomic mass is 10.1. The third-order valence-electron chi connectivity index (χ3n) is 5.22. The van der Waals surface area contributed by atoms with Crippen LogP contribution < -0.4 is 15.8 Å². The number of rotatable bonds is 4. The largest absolute Gasteiger partial charge is 0.367 e. The van der Waals surface area contributed by atoms with E-state index in [9.17, 15) is 9.59 Å². The number of hydrogen-bond acceptors (Lipinski definition) is 5. The number of anilines is 2. The van der Waals surface area contributed by atoms with E-state index in [2.05, 4.69) is 32.2 Å². The molecule has 28 heavy (non-hydrogen) atoms. The third-order valence-corrected chi connectivity index (χ3v) is 5.22. The zero-order valence-corrected chi connectivity index (χ0v) is 15.8. The molecule has 2 heterocycles. The van der Waals surface area contributed by atoms with E-state index in [0.29, 0.717) is 10.8 Å². The van der Waals surface area contributed by atoms with Crippen LogP contribution in [0.15, 0.2) is 53.3 Å². The lowest BCUT2D eigenvalue weighted by Crippen LogP contribution is -2.46. The van der Waals surface area contributed by atoms with Gasteiger partial charge in [-0.2, -0.15) is 5.10 Å². The van der Waals surface area contributed by atoms with Crippen LogP contribution in [-0.2, 0) is 0 Å². The first-order valence-corrected chi connectivity index (χ1v) is 9.52. The Morgan fingerprint density at radius 2 is 1.71 bits per heavy atom. The van der Waals surface area contributed by atoms with Crippen molar-refractivity contribution in [1.29, 1.82) is 0 Å². The van der Waals surface area contributed by atoms with Crippen molar-refractivity contribution >= 4 is 28.1 Å². The first-order chi connectivity index (χ1) is 13.7. The molecule has 1 fully saturated rings. The molecule has 7 nitrogen and oxygen atoms in total. The Balaban J connectivity index is 1.61. The summed E-state index contributed by atoms with van der Waals surface area (Å²) in [5.41, 5.74) is 1.65. The highest BCUT2D eigenvalue weighted by Crippen LogP contribution is 2.27. The average Bonchev–Trinajstić information content (AvgIpc) is 2.74. The van der Waals surface area contributed by atoms with Crippen LogP contribution in [-0.4, -0.2) is 53.7 Å². The van der Waals surface area contributed by atoms with Crippen molar-refractivity contribution in [3.63, 3.8) is 0 Å². The van der Waals surface area contributed by atoms with Crippen LogP contribution in [0.4, 0.5) is 11.4 Å². The highest BCUT2D eigenvalue weighted by Gasteiger charge is 2.20. The minimum Gasteiger partial charge on any atom is -0.367 e. The number of hydrogen-bond donors (Lipinski definition) is 2. The summed E-state index contributed by atoms with van der Waals surface area (Å²) < 4.78 is 0. The van der Waals surface area contributed by atoms with E-state index >= 15 is 0 Å². The number of piperazine rings is 1. The molecule has 144 valence electrons. The fraction of sp³-hybridized carbons (Fsp3) is 0.286. The van der Waals surface area contributed by atoms with Crippen molar-refractivity contribution < 1.29 is 4.79 Å². The zero-order chi connectivity index (χ0) is 19.5. The minimum absolute atomic E-state index is 0.209. The lowest BCUT2D eigenvalue weighted by molar-refractivity contribution is 0.102. The summed E-state index contributed by atoms with van der Waals surface area (Å²) in [7, 11) is 0. The molecule has 0 spiro atoms. The molecular weight excluding hydrogens is 354 g/mol. The number of likely N-dealkylation sites (N-methyl/N-ethyl adjacent to an activating group) is 1. The summed E-state index contributed by atoms with van der Waals surface area (Å²) >= 11 is 0. The molecule has 0 aliphatic carbocycles. The molecule has 3 aromatic rings. The van der Waals surface area contributed by atoms with Crippen LogP contribution in [0.1, 0.15) is 17.4 Å². The second-order valence-electron chi connectivity index (χ2n) is 6.84. The van der Waals surface area contributed by atoms with Crippen molar-refractivity contribution in [2.45, 2.75) is 6.92 Å². The lowest BCUT2D eigenvalue weighted by Gasteiger charge is -2.36. The van der Waals surface area contributed by atoms with Gasteiger partial charge in [0.05, 0.1) is 16.8 Å². The molecular formula is C21H23N5O2. The third kappa shape index (κ3) is 3.48. The number of amides is 1.